The summed E-state index contributed by atoms with van der Waals surface area (Å²) in [6.45, 7) is 0. The van der Waals surface area contributed by atoms with Crippen LogP contribution in [0.5, 0.6) is 0 Å². The third-order valence-electron chi connectivity index (χ3n) is 4.59. The fourth-order valence-electron chi connectivity index (χ4n) is 3.08. The molecule has 2 heterocycles. The minimum Gasteiger partial charge on any atom is -0.280 e. The first kappa shape index (κ1) is 16.0. The predicted molar refractivity (Wildman–Crippen MR) is 103 cm³/mol. The van der Waals surface area contributed by atoms with Crippen molar-refractivity contribution in [3.8, 4) is 22.4 Å². The Bertz CT molecular complexity index is 1220. The van der Waals surface area contributed by atoms with Gasteiger partial charge in [-0.05, 0) is 23.3 Å². The summed E-state index contributed by atoms with van der Waals surface area (Å²) in [7, 11) is 3.10. The molecule has 4 aromatic rings. The molecule has 5 heteroatoms. The molecular formula is C21H17N3O2. The van der Waals surface area contributed by atoms with Gasteiger partial charge in [0.05, 0.1) is 11.1 Å². The topological polar surface area (TPSA) is 56.9 Å². The molecule has 0 aliphatic heterocycles. The quantitative estimate of drug-likeness (QED) is 0.562. The van der Waals surface area contributed by atoms with Crippen molar-refractivity contribution in [1.29, 1.82) is 0 Å². The third-order valence-corrected chi connectivity index (χ3v) is 4.59. The summed E-state index contributed by atoms with van der Waals surface area (Å²) in [6, 6.07) is 21.8. The fourth-order valence-corrected chi connectivity index (χ4v) is 3.08. The zero-order valence-electron chi connectivity index (χ0n) is 14.5. The van der Waals surface area contributed by atoms with E-state index in [1.807, 2.05) is 48.5 Å². The van der Waals surface area contributed by atoms with E-state index in [1.54, 1.807) is 13.1 Å². The number of pyridine rings is 1. The van der Waals surface area contributed by atoms with Gasteiger partial charge in [0.25, 0.3) is 5.56 Å². The van der Waals surface area contributed by atoms with Crippen LogP contribution in [0, 0.1) is 0 Å². The molecule has 0 unspecified atom stereocenters. The van der Waals surface area contributed by atoms with Crippen molar-refractivity contribution in [1.82, 2.24) is 14.1 Å². The second-order valence-corrected chi connectivity index (χ2v) is 6.22. The van der Waals surface area contributed by atoms with Crippen LogP contribution in [0.25, 0.3) is 33.4 Å². The number of rotatable bonds is 2. The molecule has 0 atom stereocenters. The van der Waals surface area contributed by atoms with E-state index in [0.717, 1.165) is 27.0 Å². The maximum atomic E-state index is 12.3. The number of nitrogens with zero attached hydrogens (tertiary/aromatic N) is 3. The van der Waals surface area contributed by atoms with Gasteiger partial charge >= 0.3 is 5.69 Å². The molecule has 0 N–H and O–H groups in total. The standard InChI is InChI=1S/C21H17N3O2/c1-23-19-17(20(25)24(2)21(23)26)12-13-18(22-19)16-10-8-15(9-11-16)14-6-4-3-5-7-14/h3-13H,1-2H3. The number of hydrogen-bond acceptors (Lipinski definition) is 3. The van der Waals surface area contributed by atoms with Crippen LogP contribution in [0.15, 0.2) is 76.3 Å². The number of fused-ring (bicyclic) bond motifs is 1. The smallest absolute Gasteiger partial charge is 0.280 e. The number of benzene rings is 2. The van der Waals surface area contributed by atoms with Crippen LogP contribution in [0.4, 0.5) is 0 Å². The highest BCUT2D eigenvalue weighted by atomic mass is 16.2. The summed E-state index contributed by atoms with van der Waals surface area (Å²) in [5.74, 6) is 0. The Morgan fingerprint density at radius 2 is 1.31 bits per heavy atom. The zero-order valence-corrected chi connectivity index (χ0v) is 14.5. The predicted octanol–water partition coefficient (Wildman–Crippen LogP) is 2.97. The van der Waals surface area contributed by atoms with Crippen LogP contribution in [0.2, 0.25) is 0 Å². The maximum absolute atomic E-state index is 12.3. The van der Waals surface area contributed by atoms with E-state index in [0.29, 0.717) is 11.0 Å². The lowest BCUT2D eigenvalue weighted by molar-refractivity contribution is 0.708. The minimum absolute atomic E-state index is 0.332. The Morgan fingerprint density at radius 1 is 0.692 bits per heavy atom. The summed E-state index contributed by atoms with van der Waals surface area (Å²) in [6.07, 6.45) is 0. The van der Waals surface area contributed by atoms with Crippen molar-refractivity contribution in [2.24, 2.45) is 14.1 Å². The molecular weight excluding hydrogens is 326 g/mol. The SMILES string of the molecule is Cn1c(=O)c2ccc(-c3ccc(-c4ccccc4)cc3)nc2n(C)c1=O. The van der Waals surface area contributed by atoms with Crippen LogP contribution in [0.3, 0.4) is 0 Å². The molecule has 128 valence electrons. The number of aryl methyl sites for hydroxylation is 1. The van der Waals surface area contributed by atoms with Gasteiger partial charge in [-0.15, -0.1) is 0 Å². The molecule has 0 saturated carbocycles. The summed E-state index contributed by atoms with van der Waals surface area (Å²) in [5.41, 5.74) is 3.60. The van der Waals surface area contributed by atoms with Gasteiger partial charge in [0.15, 0.2) is 0 Å². The summed E-state index contributed by atoms with van der Waals surface area (Å²) in [5, 5.41) is 0.430. The number of hydrogen-bond donors (Lipinski definition) is 0. The average Bonchev–Trinajstić information content (AvgIpc) is 2.71. The molecule has 2 aromatic heterocycles. The lowest BCUT2D eigenvalue weighted by atomic mass is 10.0. The molecule has 0 amide bonds. The normalized spacial score (nSPS) is 11.0. The van der Waals surface area contributed by atoms with Crippen molar-refractivity contribution >= 4 is 11.0 Å². The van der Waals surface area contributed by atoms with Crippen LogP contribution >= 0.6 is 0 Å². The molecule has 5 nitrogen and oxygen atoms in total. The monoisotopic (exact) mass is 343 g/mol. The second kappa shape index (κ2) is 6.11. The van der Waals surface area contributed by atoms with E-state index in [1.165, 1.54) is 11.6 Å². The van der Waals surface area contributed by atoms with Crippen LogP contribution < -0.4 is 11.2 Å². The molecule has 0 saturated heterocycles. The van der Waals surface area contributed by atoms with Crippen molar-refractivity contribution in [2.75, 3.05) is 0 Å². The Morgan fingerprint density at radius 3 is 2.00 bits per heavy atom. The Kier molecular flexibility index (Phi) is 3.77. The molecule has 0 aliphatic rings. The van der Waals surface area contributed by atoms with Crippen LogP contribution in [0.1, 0.15) is 0 Å². The highest BCUT2D eigenvalue weighted by Crippen LogP contribution is 2.24. The van der Waals surface area contributed by atoms with E-state index in [4.69, 9.17) is 0 Å². The van der Waals surface area contributed by atoms with Gasteiger partial charge in [0.1, 0.15) is 5.65 Å². The minimum atomic E-state index is -0.383. The van der Waals surface area contributed by atoms with E-state index < -0.39 is 0 Å². The van der Waals surface area contributed by atoms with Gasteiger partial charge in [-0.25, -0.2) is 9.78 Å². The molecule has 26 heavy (non-hydrogen) atoms. The van der Waals surface area contributed by atoms with Gasteiger partial charge < -0.3 is 0 Å². The van der Waals surface area contributed by atoms with E-state index in [9.17, 15) is 9.59 Å². The Labute approximate surface area is 149 Å². The van der Waals surface area contributed by atoms with E-state index in [-0.39, 0.29) is 11.2 Å². The molecule has 4 rings (SSSR count). The molecule has 0 radical (unpaired) electrons. The van der Waals surface area contributed by atoms with Crippen molar-refractivity contribution in [2.45, 2.75) is 0 Å². The van der Waals surface area contributed by atoms with Gasteiger partial charge in [0, 0.05) is 19.7 Å². The Balaban J connectivity index is 1.82. The molecule has 0 fully saturated rings. The van der Waals surface area contributed by atoms with Crippen LogP contribution in [-0.4, -0.2) is 14.1 Å². The first-order valence-corrected chi connectivity index (χ1v) is 8.29. The van der Waals surface area contributed by atoms with Gasteiger partial charge in [-0.2, -0.15) is 0 Å². The fraction of sp³-hybridized carbons (Fsp3) is 0.0952. The molecule has 0 spiro atoms. The van der Waals surface area contributed by atoms with Crippen LogP contribution in [-0.2, 0) is 14.1 Å². The van der Waals surface area contributed by atoms with Gasteiger partial charge in [-0.1, -0.05) is 54.6 Å². The molecule has 0 bridgehead atoms. The third kappa shape index (κ3) is 2.54. The lowest BCUT2D eigenvalue weighted by Gasteiger charge is -2.09. The highest BCUT2D eigenvalue weighted by molar-refractivity contribution is 5.78. The summed E-state index contributed by atoms with van der Waals surface area (Å²) in [4.78, 5) is 29.0. The van der Waals surface area contributed by atoms with Gasteiger partial charge in [-0.3, -0.25) is 13.9 Å². The summed E-state index contributed by atoms with van der Waals surface area (Å²) >= 11 is 0. The molecule has 0 aliphatic carbocycles. The zero-order chi connectivity index (χ0) is 18.3. The summed E-state index contributed by atoms with van der Waals surface area (Å²) < 4.78 is 2.50. The Hall–Kier alpha value is -3.47. The number of aromatic nitrogens is 3. The lowest BCUT2D eigenvalue weighted by Crippen LogP contribution is -2.37. The largest absolute Gasteiger partial charge is 0.332 e. The maximum Gasteiger partial charge on any atom is 0.332 e. The van der Waals surface area contributed by atoms with Gasteiger partial charge in [0.2, 0.25) is 0 Å². The van der Waals surface area contributed by atoms with E-state index in [2.05, 4.69) is 17.1 Å². The average molecular weight is 343 g/mol. The highest BCUT2D eigenvalue weighted by Gasteiger charge is 2.11. The molecule has 2 aromatic carbocycles. The van der Waals surface area contributed by atoms with Crippen molar-refractivity contribution < 1.29 is 0 Å². The van der Waals surface area contributed by atoms with Crippen molar-refractivity contribution in [3.05, 3.63) is 87.6 Å². The second-order valence-electron chi connectivity index (χ2n) is 6.22. The first-order valence-electron chi connectivity index (χ1n) is 8.29. The van der Waals surface area contributed by atoms with E-state index >= 15 is 0 Å². The van der Waals surface area contributed by atoms with Crippen molar-refractivity contribution in [3.63, 3.8) is 0 Å². The first-order chi connectivity index (χ1) is 12.6.